The van der Waals surface area contributed by atoms with Crippen molar-refractivity contribution in [3.63, 3.8) is 0 Å². The third kappa shape index (κ3) is 3.40. The van der Waals surface area contributed by atoms with Gasteiger partial charge in [-0.3, -0.25) is 0 Å². The number of halogens is 2. The molecule has 0 fully saturated rings. The van der Waals surface area contributed by atoms with Gasteiger partial charge in [0.2, 0.25) is 0 Å². The summed E-state index contributed by atoms with van der Waals surface area (Å²) in [5.41, 5.74) is 0.919. The summed E-state index contributed by atoms with van der Waals surface area (Å²) in [5, 5.41) is 9.97. The minimum Gasteiger partial charge on any atom is -0.486 e. The molecule has 0 bridgehead atoms. The highest BCUT2D eigenvalue weighted by atomic mass is 35.5. The van der Waals surface area contributed by atoms with E-state index in [0.717, 1.165) is 5.56 Å². The fourth-order valence-electron chi connectivity index (χ4n) is 1.56. The number of ether oxygens (including phenoxy) is 1. The number of rotatable bonds is 4. The maximum Gasteiger partial charge on any atom is 0.339 e. The second-order valence-electron chi connectivity index (χ2n) is 3.84. The molecular weight excluding hydrogens is 287 g/mol. The molecule has 0 aliphatic rings. The summed E-state index contributed by atoms with van der Waals surface area (Å²) in [7, 11) is 0. The minimum atomic E-state index is -1.08. The lowest BCUT2D eigenvalue weighted by molar-refractivity contribution is 0.0692. The Morgan fingerprint density at radius 1 is 1.11 bits per heavy atom. The van der Waals surface area contributed by atoms with Crippen molar-refractivity contribution in [1.82, 2.24) is 0 Å². The van der Waals surface area contributed by atoms with Gasteiger partial charge >= 0.3 is 5.97 Å². The van der Waals surface area contributed by atoms with Crippen molar-refractivity contribution in [2.24, 2.45) is 0 Å². The standard InChI is InChI=1S/C14H10Cl2O3/c15-10-6-4-9(5-7-10)8-19-13-11(14(17)18)2-1-3-12(13)16/h1-7H,8H2,(H,17,18). The topological polar surface area (TPSA) is 46.5 Å². The van der Waals surface area contributed by atoms with E-state index in [1.165, 1.54) is 6.07 Å². The molecule has 0 amide bonds. The molecule has 2 aromatic carbocycles. The molecule has 0 aliphatic heterocycles. The van der Waals surface area contributed by atoms with E-state index >= 15 is 0 Å². The monoisotopic (exact) mass is 296 g/mol. The van der Waals surface area contributed by atoms with Crippen LogP contribution in [-0.4, -0.2) is 11.1 Å². The third-order valence-electron chi connectivity index (χ3n) is 2.49. The van der Waals surface area contributed by atoms with E-state index < -0.39 is 5.97 Å². The van der Waals surface area contributed by atoms with E-state index in [1.54, 1.807) is 36.4 Å². The second-order valence-corrected chi connectivity index (χ2v) is 4.68. The predicted molar refractivity (Wildman–Crippen MR) is 74.2 cm³/mol. The Morgan fingerprint density at radius 3 is 2.42 bits per heavy atom. The van der Waals surface area contributed by atoms with Gasteiger partial charge in [0, 0.05) is 5.02 Å². The Labute approximate surface area is 120 Å². The van der Waals surface area contributed by atoms with Gasteiger partial charge < -0.3 is 9.84 Å². The maximum atomic E-state index is 11.1. The number of carbonyl (C=O) groups is 1. The molecule has 0 spiro atoms. The van der Waals surface area contributed by atoms with Crippen LogP contribution in [-0.2, 0) is 6.61 Å². The minimum absolute atomic E-state index is 0.0430. The van der Waals surface area contributed by atoms with Crippen LogP contribution in [0.1, 0.15) is 15.9 Å². The smallest absolute Gasteiger partial charge is 0.339 e. The normalized spacial score (nSPS) is 10.2. The van der Waals surface area contributed by atoms with Gasteiger partial charge in [0.25, 0.3) is 0 Å². The predicted octanol–water partition coefficient (Wildman–Crippen LogP) is 4.27. The van der Waals surface area contributed by atoms with Crippen LogP contribution in [0.15, 0.2) is 42.5 Å². The summed E-state index contributed by atoms with van der Waals surface area (Å²) in [6.45, 7) is 0.223. The van der Waals surface area contributed by atoms with Crippen molar-refractivity contribution in [2.75, 3.05) is 0 Å². The molecule has 98 valence electrons. The first-order chi connectivity index (χ1) is 9.08. The van der Waals surface area contributed by atoms with Crippen molar-refractivity contribution in [2.45, 2.75) is 6.61 Å². The molecule has 0 aromatic heterocycles. The number of carboxylic acid groups (broad SMARTS) is 1. The van der Waals surface area contributed by atoms with Crippen LogP contribution >= 0.6 is 23.2 Å². The Bertz CT molecular complexity index is 594. The number of benzene rings is 2. The van der Waals surface area contributed by atoms with Crippen LogP contribution in [0, 0.1) is 0 Å². The molecule has 2 rings (SSSR count). The van der Waals surface area contributed by atoms with Crippen LogP contribution < -0.4 is 4.74 Å². The number of aromatic carboxylic acids is 1. The highest BCUT2D eigenvalue weighted by Crippen LogP contribution is 2.29. The molecule has 0 aliphatic carbocycles. The van der Waals surface area contributed by atoms with Crippen molar-refractivity contribution >= 4 is 29.2 Å². The van der Waals surface area contributed by atoms with E-state index in [4.69, 9.17) is 33.0 Å². The third-order valence-corrected chi connectivity index (χ3v) is 3.04. The van der Waals surface area contributed by atoms with E-state index in [0.29, 0.717) is 5.02 Å². The van der Waals surface area contributed by atoms with E-state index in [-0.39, 0.29) is 22.9 Å². The molecule has 0 atom stereocenters. The Kier molecular flexibility index (Phi) is 4.30. The van der Waals surface area contributed by atoms with Crippen molar-refractivity contribution in [3.05, 3.63) is 63.6 Å². The van der Waals surface area contributed by atoms with E-state index in [1.807, 2.05) is 0 Å². The molecule has 3 nitrogen and oxygen atoms in total. The van der Waals surface area contributed by atoms with Gasteiger partial charge in [0.1, 0.15) is 12.2 Å². The zero-order valence-corrected chi connectivity index (χ0v) is 11.3. The Hall–Kier alpha value is -1.71. The lowest BCUT2D eigenvalue weighted by Gasteiger charge is -2.10. The van der Waals surface area contributed by atoms with Gasteiger partial charge in [-0.2, -0.15) is 0 Å². The number of carboxylic acids is 1. The summed E-state index contributed by atoms with van der Waals surface area (Å²) in [4.78, 5) is 11.1. The highest BCUT2D eigenvalue weighted by molar-refractivity contribution is 6.32. The van der Waals surface area contributed by atoms with Gasteiger partial charge in [-0.25, -0.2) is 4.79 Å². The molecule has 0 saturated carbocycles. The van der Waals surface area contributed by atoms with Crippen LogP contribution in [0.2, 0.25) is 10.0 Å². The first-order valence-corrected chi connectivity index (χ1v) is 6.22. The number of para-hydroxylation sites is 1. The van der Waals surface area contributed by atoms with Crippen molar-refractivity contribution < 1.29 is 14.6 Å². The zero-order chi connectivity index (χ0) is 13.8. The van der Waals surface area contributed by atoms with Crippen LogP contribution in [0.4, 0.5) is 0 Å². The Balaban J connectivity index is 2.19. The quantitative estimate of drug-likeness (QED) is 0.916. The molecule has 1 N–H and O–H groups in total. The summed E-state index contributed by atoms with van der Waals surface area (Å²) >= 11 is 11.7. The van der Waals surface area contributed by atoms with Crippen LogP contribution in [0.25, 0.3) is 0 Å². The van der Waals surface area contributed by atoms with Crippen LogP contribution in [0.3, 0.4) is 0 Å². The first kappa shape index (κ1) is 13.7. The molecule has 5 heteroatoms. The van der Waals surface area contributed by atoms with Gasteiger partial charge in [-0.05, 0) is 29.8 Å². The van der Waals surface area contributed by atoms with E-state index in [2.05, 4.69) is 0 Å². The molecule has 19 heavy (non-hydrogen) atoms. The fourth-order valence-corrected chi connectivity index (χ4v) is 1.92. The second kappa shape index (κ2) is 5.95. The van der Waals surface area contributed by atoms with Gasteiger partial charge in [-0.1, -0.05) is 41.4 Å². The molecule has 0 unspecified atom stereocenters. The number of hydrogen-bond acceptors (Lipinski definition) is 2. The van der Waals surface area contributed by atoms with Gasteiger partial charge in [-0.15, -0.1) is 0 Å². The largest absolute Gasteiger partial charge is 0.486 e. The average molecular weight is 297 g/mol. The molecule has 2 aromatic rings. The molecule has 0 radical (unpaired) electrons. The van der Waals surface area contributed by atoms with Gasteiger partial charge in [0.15, 0.2) is 5.75 Å². The van der Waals surface area contributed by atoms with Crippen LogP contribution in [0.5, 0.6) is 5.75 Å². The molecule has 0 saturated heterocycles. The molecule has 0 heterocycles. The lowest BCUT2D eigenvalue weighted by atomic mass is 10.2. The SMILES string of the molecule is O=C(O)c1cccc(Cl)c1OCc1ccc(Cl)cc1. The average Bonchev–Trinajstić information content (AvgIpc) is 2.39. The zero-order valence-electron chi connectivity index (χ0n) is 9.77. The van der Waals surface area contributed by atoms with Crippen molar-refractivity contribution in [3.8, 4) is 5.75 Å². The summed E-state index contributed by atoms with van der Waals surface area (Å²) < 4.78 is 5.50. The summed E-state index contributed by atoms with van der Waals surface area (Å²) in [6, 6.07) is 11.7. The highest BCUT2D eigenvalue weighted by Gasteiger charge is 2.14. The van der Waals surface area contributed by atoms with Crippen molar-refractivity contribution in [1.29, 1.82) is 0 Å². The fraction of sp³-hybridized carbons (Fsp3) is 0.0714. The lowest BCUT2D eigenvalue weighted by Crippen LogP contribution is -2.03. The van der Waals surface area contributed by atoms with E-state index in [9.17, 15) is 4.79 Å². The summed E-state index contributed by atoms with van der Waals surface area (Å²) in [5.74, 6) is -0.903. The maximum absolute atomic E-state index is 11.1. The molecular formula is C14H10Cl2O3. The Morgan fingerprint density at radius 2 is 1.79 bits per heavy atom. The first-order valence-electron chi connectivity index (χ1n) is 5.47. The van der Waals surface area contributed by atoms with Gasteiger partial charge in [0.05, 0.1) is 5.02 Å². The number of hydrogen-bond donors (Lipinski definition) is 1. The summed E-state index contributed by atoms with van der Waals surface area (Å²) in [6.07, 6.45) is 0.